The molecule has 3 aromatic heterocycles. The Bertz CT molecular complexity index is 1210. The van der Waals surface area contributed by atoms with E-state index in [1.54, 1.807) is 6.20 Å². The molecule has 0 aliphatic heterocycles. The van der Waals surface area contributed by atoms with Gasteiger partial charge in [0.15, 0.2) is 0 Å². The lowest BCUT2D eigenvalue weighted by molar-refractivity contribution is 0.182. The first-order valence-corrected chi connectivity index (χ1v) is 9.96. The van der Waals surface area contributed by atoms with Gasteiger partial charge in [0.1, 0.15) is 11.9 Å². The van der Waals surface area contributed by atoms with Crippen LogP contribution in [0.5, 0.6) is 0 Å². The minimum Gasteiger partial charge on any atom is -0.385 e. The van der Waals surface area contributed by atoms with E-state index >= 15 is 0 Å². The lowest BCUT2D eigenvalue weighted by Gasteiger charge is -2.14. The third-order valence-electron chi connectivity index (χ3n) is 4.96. The number of hydrogen-bond donors (Lipinski definition) is 3. The number of hydrogen-bond acceptors (Lipinski definition) is 6. The first-order valence-electron chi connectivity index (χ1n) is 9.96. The second kappa shape index (κ2) is 7.59. The third kappa shape index (κ3) is 3.81. The molecular formula is C23H26N6O. The number of fused-ring (bicyclic) bond motifs is 1. The van der Waals surface area contributed by atoms with E-state index in [-0.39, 0.29) is 12.0 Å². The van der Waals surface area contributed by atoms with Crippen LogP contribution in [0.3, 0.4) is 0 Å². The summed E-state index contributed by atoms with van der Waals surface area (Å²) in [4.78, 5) is 22.1. The van der Waals surface area contributed by atoms with Gasteiger partial charge in [-0.3, -0.25) is 9.97 Å². The van der Waals surface area contributed by atoms with Crippen molar-refractivity contribution in [1.82, 2.24) is 24.9 Å². The van der Waals surface area contributed by atoms with Crippen LogP contribution in [0, 0.1) is 6.92 Å². The Morgan fingerprint density at radius 2 is 1.87 bits per heavy atom. The first-order chi connectivity index (χ1) is 14.3. The zero-order chi connectivity index (χ0) is 21.5. The molecule has 4 aromatic rings. The fourth-order valence-electron chi connectivity index (χ4n) is 3.26. The van der Waals surface area contributed by atoms with Crippen LogP contribution in [0.15, 0.2) is 42.6 Å². The topological polar surface area (TPSA) is 114 Å². The zero-order valence-corrected chi connectivity index (χ0v) is 17.6. The SMILES string of the molecule is Cc1cccc(-c2[nH]c(C(C)(C)C)nc2-c2ccc3ncc(C(O)CN)nc3c2)n1. The van der Waals surface area contributed by atoms with Gasteiger partial charge in [-0.1, -0.05) is 32.9 Å². The normalized spacial score (nSPS) is 13.0. The van der Waals surface area contributed by atoms with Gasteiger partial charge in [-0.05, 0) is 31.2 Å². The van der Waals surface area contributed by atoms with Crippen molar-refractivity contribution in [1.29, 1.82) is 0 Å². The molecule has 7 nitrogen and oxygen atoms in total. The number of nitrogens with one attached hydrogen (secondary N) is 1. The maximum Gasteiger partial charge on any atom is 0.112 e. The average molecular weight is 403 g/mol. The number of aromatic nitrogens is 5. The van der Waals surface area contributed by atoms with Crippen molar-refractivity contribution in [2.75, 3.05) is 6.54 Å². The number of nitrogens with two attached hydrogens (primary N) is 1. The van der Waals surface area contributed by atoms with Gasteiger partial charge in [-0.25, -0.2) is 9.97 Å². The maximum absolute atomic E-state index is 10.0. The molecule has 0 bridgehead atoms. The van der Waals surface area contributed by atoms with Crippen LogP contribution in [-0.2, 0) is 5.41 Å². The summed E-state index contributed by atoms with van der Waals surface area (Å²) in [5.41, 5.74) is 11.7. The molecule has 0 aliphatic rings. The Morgan fingerprint density at radius 3 is 2.57 bits per heavy atom. The molecule has 1 unspecified atom stereocenters. The Morgan fingerprint density at radius 1 is 1.07 bits per heavy atom. The smallest absolute Gasteiger partial charge is 0.112 e. The predicted molar refractivity (Wildman–Crippen MR) is 118 cm³/mol. The summed E-state index contributed by atoms with van der Waals surface area (Å²) in [6, 6.07) is 11.8. The number of rotatable bonds is 4. The molecule has 154 valence electrons. The minimum absolute atomic E-state index is 0.0946. The molecule has 0 radical (unpaired) electrons. The van der Waals surface area contributed by atoms with Crippen LogP contribution in [0.4, 0.5) is 0 Å². The number of benzene rings is 1. The minimum atomic E-state index is -0.838. The number of imidazole rings is 1. The summed E-state index contributed by atoms with van der Waals surface area (Å²) in [5, 5.41) is 10.0. The Hall–Kier alpha value is -3.16. The van der Waals surface area contributed by atoms with E-state index in [9.17, 15) is 5.11 Å². The van der Waals surface area contributed by atoms with Crippen molar-refractivity contribution in [3.05, 3.63) is 59.8 Å². The van der Waals surface area contributed by atoms with Crippen LogP contribution < -0.4 is 5.73 Å². The molecule has 30 heavy (non-hydrogen) atoms. The largest absolute Gasteiger partial charge is 0.385 e. The first kappa shape index (κ1) is 20.1. The summed E-state index contributed by atoms with van der Waals surface area (Å²) in [7, 11) is 0. The third-order valence-corrected chi connectivity index (χ3v) is 4.96. The van der Waals surface area contributed by atoms with Crippen LogP contribution >= 0.6 is 0 Å². The van der Waals surface area contributed by atoms with Crippen molar-refractivity contribution in [2.24, 2.45) is 5.73 Å². The van der Waals surface area contributed by atoms with Crippen molar-refractivity contribution >= 4 is 11.0 Å². The van der Waals surface area contributed by atoms with Crippen LogP contribution in [0.1, 0.15) is 44.1 Å². The highest BCUT2D eigenvalue weighted by Crippen LogP contribution is 2.33. The van der Waals surface area contributed by atoms with Crippen LogP contribution in [0.25, 0.3) is 33.7 Å². The van der Waals surface area contributed by atoms with E-state index < -0.39 is 6.10 Å². The Kier molecular flexibility index (Phi) is 5.09. The summed E-state index contributed by atoms with van der Waals surface area (Å²) in [6.07, 6.45) is 0.726. The second-order valence-corrected chi connectivity index (χ2v) is 8.47. The molecule has 1 aromatic carbocycles. The molecule has 0 aliphatic carbocycles. The van der Waals surface area contributed by atoms with Gasteiger partial charge < -0.3 is 15.8 Å². The summed E-state index contributed by atoms with van der Waals surface area (Å²) in [5.74, 6) is 0.884. The van der Waals surface area contributed by atoms with E-state index in [1.165, 1.54) is 0 Å². The molecule has 7 heteroatoms. The van der Waals surface area contributed by atoms with E-state index in [2.05, 4.69) is 40.7 Å². The van der Waals surface area contributed by atoms with Crippen molar-refractivity contribution in [2.45, 2.75) is 39.2 Å². The molecule has 0 saturated heterocycles. The maximum atomic E-state index is 10.0. The number of aryl methyl sites for hydroxylation is 1. The molecule has 0 fully saturated rings. The zero-order valence-electron chi connectivity index (χ0n) is 17.6. The van der Waals surface area contributed by atoms with E-state index in [0.717, 1.165) is 39.7 Å². The van der Waals surface area contributed by atoms with Crippen molar-refractivity contribution in [3.8, 4) is 22.6 Å². The molecule has 4 rings (SSSR count). The predicted octanol–water partition coefficient (Wildman–Crippen LogP) is 3.68. The molecule has 0 spiro atoms. The number of nitrogens with zero attached hydrogens (tertiary/aromatic N) is 4. The number of aliphatic hydroxyl groups is 1. The van der Waals surface area contributed by atoms with Gasteiger partial charge >= 0.3 is 0 Å². The highest BCUT2D eigenvalue weighted by molar-refractivity contribution is 5.84. The van der Waals surface area contributed by atoms with Gasteiger partial charge in [-0.15, -0.1) is 0 Å². The van der Waals surface area contributed by atoms with Crippen LogP contribution in [0.2, 0.25) is 0 Å². The van der Waals surface area contributed by atoms with E-state index in [1.807, 2.05) is 43.3 Å². The summed E-state index contributed by atoms with van der Waals surface area (Å²) in [6.45, 7) is 8.43. The highest BCUT2D eigenvalue weighted by atomic mass is 16.3. The molecule has 3 heterocycles. The average Bonchev–Trinajstić information content (AvgIpc) is 3.18. The number of pyridine rings is 1. The van der Waals surface area contributed by atoms with E-state index in [0.29, 0.717) is 11.2 Å². The van der Waals surface area contributed by atoms with Crippen molar-refractivity contribution in [3.63, 3.8) is 0 Å². The molecule has 1 atom stereocenters. The Balaban J connectivity index is 1.90. The quantitative estimate of drug-likeness (QED) is 0.480. The number of H-pyrrole nitrogens is 1. The summed E-state index contributed by atoms with van der Waals surface area (Å²) >= 11 is 0. The molecule has 0 amide bonds. The molecule has 0 saturated carbocycles. The summed E-state index contributed by atoms with van der Waals surface area (Å²) < 4.78 is 0. The highest BCUT2D eigenvalue weighted by Gasteiger charge is 2.23. The standard InChI is InChI=1S/C23H26N6O/c1-13-6-5-7-16(26-13)21-20(28-22(29-21)23(2,3)4)14-8-9-15-17(10-14)27-18(12-25-15)19(30)11-24/h5-10,12,19,30H,11,24H2,1-4H3,(H,28,29). The van der Waals surface area contributed by atoms with Crippen molar-refractivity contribution < 1.29 is 5.11 Å². The van der Waals surface area contributed by atoms with E-state index in [4.69, 9.17) is 10.7 Å². The van der Waals surface area contributed by atoms with Gasteiger partial charge in [-0.2, -0.15) is 0 Å². The Labute approximate surface area is 175 Å². The number of aliphatic hydroxyl groups excluding tert-OH is 1. The molecular weight excluding hydrogens is 376 g/mol. The van der Waals surface area contributed by atoms with Gasteiger partial charge in [0.2, 0.25) is 0 Å². The monoisotopic (exact) mass is 402 g/mol. The number of aromatic amines is 1. The van der Waals surface area contributed by atoms with Gasteiger partial charge in [0.25, 0.3) is 0 Å². The van der Waals surface area contributed by atoms with Crippen LogP contribution in [-0.4, -0.2) is 36.6 Å². The second-order valence-electron chi connectivity index (χ2n) is 8.47. The lowest BCUT2D eigenvalue weighted by atomic mass is 9.96. The van der Waals surface area contributed by atoms with Gasteiger partial charge in [0.05, 0.1) is 40.0 Å². The lowest BCUT2D eigenvalue weighted by Crippen LogP contribution is -2.13. The molecule has 4 N–H and O–H groups in total. The fourth-order valence-corrected chi connectivity index (χ4v) is 3.26. The van der Waals surface area contributed by atoms with Gasteiger partial charge in [0, 0.05) is 23.2 Å². The fraction of sp³-hybridized carbons (Fsp3) is 0.304.